The Morgan fingerprint density at radius 2 is 2.06 bits per heavy atom. The second-order valence-electron chi connectivity index (χ2n) is 9.21. The number of benzene rings is 1. The van der Waals surface area contributed by atoms with Gasteiger partial charge < -0.3 is 14.9 Å². The van der Waals surface area contributed by atoms with E-state index < -0.39 is 17.6 Å². The molecule has 2 N–H and O–H groups in total. The molecule has 0 amide bonds. The van der Waals surface area contributed by atoms with E-state index in [4.69, 9.17) is 11.6 Å². The average Bonchev–Trinajstić information content (AvgIpc) is 3.25. The Bertz CT molecular complexity index is 1050. The summed E-state index contributed by atoms with van der Waals surface area (Å²) < 4.78 is 5.77. The third kappa shape index (κ3) is 7.05. The monoisotopic (exact) mass is 556 g/mol. The molecule has 35 heavy (non-hydrogen) atoms. The number of methoxy groups -OCH3 is 1. The number of ether oxygens (including phenoxy) is 1. The van der Waals surface area contributed by atoms with Gasteiger partial charge in [-0.25, -0.2) is 0 Å². The van der Waals surface area contributed by atoms with Crippen LogP contribution in [0, 0.1) is 11.3 Å². The second kappa shape index (κ2) is 13.0. The molecule has 1 saturated carbocycles. The van der Waals surface area contributed by atoms with Crippen LogP contribution in [0.4, 0.5) is 0 Å². The van der Waals surface area contributed by atoms with E-state index in [1.54, 1.807) is 43.0 Å². The minimum Gasteiger partial charge on any atom is -0.468 e. The van der Waals surface area contributed by atoms with E-state index in [0.29, 0.717) is 18.6 Å². The van der Waals surface area contributed by atoms with Crippen molar-refractivity contribution in [2.45, 2.75) is 50.6 Å². The largest absolute Gasteiger partial charge is 0.468 e. The number of thiophene rings is 1. The molecule has 1 aromatic carbocycles. The highest BCUT2D eigenvalue weighted by Crippen LogP contribution is 2.45. The maximum atomic E-state index is 13.0. The van der Waals surface area contributed by atoms with E-state index in [0.717, 1.165) is 37.9 Å². The number of carbonyl (C=O) groups excluding carboxylic acids is 2. The molecule has 3 rings (SSSR count). The first kappa shape index (κ1) is 28.5. The fraction of sp³-hybridized carbons (Fsp3) is 0.538. The van der Waals surface area contributed by atoms with Crippen molar-refractivity contribution >= 4 is 68.3 Å². The minimum absolute atomic E-state index is 0.0402. The molecule has 0 aliphatic heterocycles. The van der Waals surface area contributed by atoms with Crippen LogP contribution in [-0.2, 0) is 20.7 Å². The standard InChI is InChI=1S/C26H33ClO5S3/c1-26(2)24(30)18(23(25(26)31)34-14-6-13-33-15-21(29)32-3)11-9-16(28)10-12-20-22(27)17-7-4-5-8-19(17)35-20/h4-5,7-9,11,16,18,23-24,28,30H,6,10,12-15H2,1-3H3/b11-9+/t16?,18?,23-,24+/m1/s1. The molecule has 192 valence electrons. The molecule has 1 aliphatic rings. The van der Waals surface area contributed by atoms with Crippen LogP contribution in [0.5, 0.6) is 0 Å². The zero-order chi connectivity index (χ0) is 25.6. The van der Waals surface area contributed by atoms with Gasteiger partial charge in [0.2, 0.25) is 0 Å². The van der Waals surface area contributed by atoms with Gasteiger partial charge in [0.05, 0.1) is 40.8 Å². The van der Waals surface area contributed by atoms with Crippen molar-refractivity contribution < 1.29 is 24.5 Å². The number of thioether (sulfide) groups is 2. The lowest BCUT2D eigenvalue weighted by molar-refractivity contribution is -0.137. The summed E-state index contributed by atoms with van der Waals surface area (Å²) in [4.78, 5) is 25.3. The SMILES string of the molecule is COC(=O)CSCCCS[C@H]1C(=O)C(C)(C)[C@@H](O)C1/C=C/C(O)CCc1sc2ccccc2c1Cl. The van der Waals surface area contributed by atoms with Gasteiger partial charge in [0, 0.05) is 20.9 Å². The molecule has 1 fully saturated rings. The van der Waals surface area contributed by atoms with E-state index in [1.807, 2.05) is 30.3 Å². The molecule has 0 spiro atoms. The molecule has 1 aromatic heterocycles. The molecular weight excluding hydrogens is 524 g/mol. The lowest BCUT2D eigenvalue weighted by Gasteiger charge is -2.22. The molecular formula is C26H33ClO5S3. The Morgan fingerprint density at radius 3 is 2.77 bits per heavy atom. The summed E-state index contributed by atoms with van der Waals surface area (Å²) in [7, 11) is 1.38. The van der Waals surface area contributed by atoms with Crippen LogP contribution in [0.25, 0.3) is 10.1 Å². The Labute approximate surface area is 224 Å². The number of hydrogen-bond acceptors (Lipinski definition) is 8. The normalized spacial score (nSPS) is 22.8. The van der Waals surface area contributed by atoms with Gasteiger partial charge in [-0.3, -0.25) is 9.59 Å². The summed E-state index contributed by atoms with van der Waals surface area (Å²) in [6.45, 7) is 3.57. The lowest BCUT2D eigenvalue weighted by Crippen LogP contribution is -2.31. The summed E-state index contributed by atoms with van der Waals surface area (Å²) in [5.41, 5.74) is -0.831. The quantitative estimate of drug-likeness (QED) is 0.206. The van der Waals surface area contributed by atoms with Gasteiger partial charge >= 0.3 is 5.97 Å². The summed E-state index contributed by atoms with van der Waals surface area (Å²) >= 11 is 11.2. The van der Waals surface area contributed by atoms with Crippen molar-refractivity contribution in [2.24, 2.45) is 11.3 Å². The maximum absolute atomic E-state index is 13.0. The molecule has 4 atom stereocenters. The molecule has 0 saturated heterocycles. The highest BCUT2D eigenvalue weighted by atomic mass is 35.5. The van der Waals surface area contributed by atoms with Crippen molar-refractivity contribution in [3.63, 3.8) is 0 Å². The fourth-order valence-electron chi connectivity index (χ4n) is 4.17. The van der Waals surface area contributed by atoms with Crippen molar-refractivity contribution in [3.05, 3.63) is 46.3 Å². The average molecular weight is 557 g/mol. The van der Waals surface area contributed by atoms with Crippen LogP contribution < -0.4 is 0 Å². The van der Waals surface area contributed by atoms with Crippen LogP contribution in [0.1, 0.15) is 31.6 Å². The smallest absolute Gasteiger partial charge is 0.315 e. The molecule has 2 aromatic rings. The number of aryl methyl sites for hydroxylation is 1. The molecule has 5 nitrogen and oxygen atoms in total. The van der Waals surface area contributed by atoms with Crippen LogP contribution in [0.3, 0.4) is 0 Å². The van der Waals surface area contributed by atoms with E-state index >= 15 is 0 Å². The number of halogens is 1. The van der Waals surface area contributed by atoms with Gasteiger partial charge in [0.25, 0.3) is 0 Å². The Balaban J connectivity index is 1.55. The lowest BCUT2D eigenvalue weighted by atomic mass is 9.86. The number of aliphatic hydroxyl groups excluding tert-OH is 2. The minimum atomic E-state index is -0.831. The Hall–Kier alpha value is -1.03. The number of rotatable bonds is 12. The predicted molar refractivity (Wildman–Crippen MR) is 149 cm³/mol. The number of fused-ring (bicyclic) bond motifs is 1. The summed E-state index contributed by atoms with van der Waals surface area (Å²) in [6.07, 6.45) is 4.05. The van der Waals surface area contributed by atoms with Gasteiger partial charge in [0.1, 0.15) is 0 Å². The van der Waals surface area contributed by atoms with E-state index in [2.05, 4.69) is 4.74 Å². The topological polar surface area (TPSA) is 83.8 Å². The number of aliphatic hydroxyl groups is 2. The molecule has 1 aliphatic carbocycles. The fourth-order valence-corrected chi connectivity index (χ4v) is 8.15. The van der Waals surface area contributed by atoms with Crippen LogP contribution in [0.2, 0.25) is 5.02 Å². The first-order valence-corrected chi connectivity index (χ1v) is 15.1. The Morgan fingerprint density at radius 1 is 1.31 bits per heavy atom. The zero-order valence-electron chi connectivity index (χ0n) is 20.2. The highest BCUT2D eigenvalue weighted by molar-refractivity contribution is 8.01. The maximum Gasteiger partial charge on any atom is 0.315 e. The number of esters is 1. The van der Waals surface area contributed by atoms with Crippen molar-refractivity contribution in [2.75, 3.05) is 24.4 Å². The first-order valence-electron chi connectivity index (χ1n) is 11.7. The van der Waals surface area contributed by atoms with Gasteiger partial charge in [-0.05, 0) is 36.8 Å². The molecule has 0 bridgehead atoms. The second-order valence-corrected chi connectivity index (χ2v) is 13.1. The number of ketones is 1. The number of hydrogen-bond donors (Lipinski definition) is 2. The third-order valence-electron chi connectivity index (χ3n) is 6.35. The van der Waals surface area contributed by atoms with Crippen LogP contribution >= 0.6 is 46.5 Å². The molecule has 1 heterocycles. The van der Waals surface area contributed by atoms with Gasteiger partial charge in [-0.2, -0.15) is 11.8 Å². The summed E-state index contributed by atoms with van der Waals surface area (Å²) in [5, 5.41) is 22.9. The van der Waals surface area contributed by atoms with Crippen LogP contribution in [0.15, 0.2) is 36.4 Å². The number of Topliss-reactive ketones (excluding diaryl/α,β-unsaturated/α-hetero) is 1. The van der Waals surface area contributed by atoms with E-state index in [-0.39, 0.29) is 22.9 Å². The van der Waals surface area contributed by atoms with E-state index in [9.17, 15) is 19.8 Å². The summed E-state index contributed by atoms with van der Waals surface area (Å²) in [6, 6.07) is 8.00. The molecule has 9 heteroatoms. The van der Waals surface area contributed by atoms with Gasteiger partial charge in [-0.15, -0.1) is 23.1 Å². The van der Waals surface area contributed by atoms with Crippen molar-refractivity contribution in [1.82, 2.24) is 0 Å². The van der Waals surface area contributed by atoms with Crippen LogP contribution in [-0.4, -0.2) is 63.8 Å². The highest BCUT2D eigenvalue weighted by Gasteiger charge is 2.53. The van der Waals surface area contributed by atoms with Crippen molar-refractivity contribution in [1.29, 1.82) is 0 Å². The predicted octanol–water partition coefficient (Wildman–Crippen LogP) is 5.39. The van der Waals surface area contributed by atoms with Crippen molar-refractivity contribution in [3.8, 4) is 0 Å². The zero-order valence-corrected chi connectivity index (χ0v) is 23.4. The molecule has 0 radical (unpaired) electrons. The first-order chi connectivity index (χ1) is 16.7. The van der Waals surface area contributed by atoms with Gasteiger partial charge in [0.15, 0.2) is 5.78 Å². The van der Waals surface area contributed by atoms with E-state index in [1.165, 1.54) is 18.9 Å². The number of carbonyl (C=O) groups is 2. The molecule has 2 unspecified atom stereocenters. The van der Waals surface area contributed by atoms with Gasteiger partial charge in [-0.1, -0.05) is 55.8 Å². The summed E-state index contributed by atoms with van der Waals surface area (Å²) in [5.74, 6) is 1.33. The third-order valence-corrected chi connectivity index (χ3v) is 10.6. The Kier molecular flexibility index (Phi) is 10.6.